The summed E-state index contributed by atoms with van der Waals surface area (Å²) in [5.74, 6) is 1.78. The van der Waals surface area contributed by atoms with E-state index >= 15 is 0 Å². The third kappa shape index (κ3) is 3.56. The molecule has 1 aliphatic rings. The molecule has 1 aliphatic heterocycles. The number of rotatable bonds is 4. The molecular weight excluding hydrogens is 262 g/mol. The quantitative estimate of drug-likeness (QED) is 0.853. The Morgan fingerprint density at radius 1 is 0.762 bits per heavy atom. The van der Waals surface area contributed by atoms with Crippen LogP contribution < -0.4 is 9.47 Å². The maximum absolute atomic E-state index is 6.05. The van der Waals surface area contributed by atoms with Crippen molar-refractivity contribution in [3.63, 3.8) is 0 Å². The molecular formula is C18H20NO2. The average Bonchev–Trinajstić information content (AvgIpc) is 2.53. The molecule has 1 heterocycles. The van der Waals surface area contributed by atoms with Gasteiger partial charge in [-0.1, -0.05) is 36.4 Å². The van der Waals surface area contributed by atoms with Crippen LogP contribution in [0.3, 0.4) is 0 Å². The van der Waals surface area contributed by atoms with E-state index in [0.29, 0.717) is 0 Å². The van der Waals surface area contributed by atoms with Gasteiger partial charge in [-0.15, -0.1) is 0 Å². The molecule has 2 atom stereocenters. The summed E-state index contributed by atoms with van der Waals surface area (Å²) in [5, 5.41) is 0. The lowest BCUT2D eigenvalue weighted by Crippen LogP contribution is -2.49. The fraction of sp³-hybridized carbons (Fsp3) is 0.278. The van der Waals surface area contributed by atoms with Crippen LogP contribution in [0.25, 0.3) is 0 Å². The van der Waals surface area contributed by atoms with E-state index in [2.05, 4.69) is 11.3 Å². The zero-order chi connectivity index (χ0) is 14.5. The fourth-order valence-corrected chi connectivity index (χ4v) is 2.47. The highest BCUT2D eigenvalue weighted by atomic mass is 16.5. The summed E-state index contributed by atoms with van der Waals surface area (Å²) in [7, 11) is 2.05. The second kappa shape index (κ2) is 6.64. The molecule has 1 fully saturated rings. The van der Waals surface area contributed by atoms with E-state index in [4.69, 9.17) is 9.47 Å². The van der Waals surface area contributed by atoms with E-state index in [9.17, 15) is 0 Å². The minimum atomic E-state index is 0.00913. The maximum atomic E-state index is 6.05. The first kappa shape index (κ1) is 14.0. The Kier molecular flexibility index (Phi) is 4.41. The molecule has 3 rings (SSSR count). The van der Waals surface area contributed by atoms with Gasteiger partial charge in [0.25, 0.3) is 0 Å². The molecule has 2 aromatic carbocycles. The molecule has 1 saturated heterocycles. The second-order valence-electron chi connectivity index (χ2n) is 5.20. The Morgan fingerprint density at radius 3 is 1.62 bits per heavy atom. The number of piperidine rings is 1. The molecule has 0 spiro atoms. The summed E-state index contributed by atoms with van der Waals surface area (Å²) < 4.78 is 12.1. The molecule has 109 valence electrons. The van der Waals surface area contributed by atoms with Crippen LogP contribution >= 0.6 is 0 Å². The summed E-state index contributed by atoms with van der Waals surface area (Å²) in [6, 6.07) is 19.9. The largest absolute Gasteiger partial charge is 0.475 e. The zero-order valence-corrected chi connectivity index (χ0v) is 12.2. The van der Waals surface area contributed by atoms with E-state index in [1.807, 2.05) is 67.7 Å². The van der Waals surface area contributed by atoms with Gasteiger partial charge in [0.05, 0.1) is 0 Å². The highest BCUT2D eigenvalue weighted by Crippen LogP contribution is 2.25. The smallest absolute Gasteiger partial charge is 0.155 e. The molecule has 0 saturated carbocycles. The van der Waals surface area contributed by atoms with Crippen molar-refractivity contribution in [3.8, 4) is 11.5 Å². The van der Waals surface area contributed by atoms with Crippen LogP contribution in [0, 0.1) is 6.42 Å². The van der Waals surface area contributed by atoms with Crippen molar-refractivity contribution >= 4 is 0 Å². The number of hydrogen-bond donors (Lipinski definition) is 0. The minimum absolute atomic E-state index is 0.00913. The van der Waals surface area contributed by atoms with Gasteiger partial charge in [0, 0.05) is 12.8 Å². The van der Waals surface area contributed by atoms with Gasteiger partial charge in [0.15, 0.2) is 12.5 Å². The van der Waals surface area contributed by atoms with Crippen LogP contribution in [0.15, 0.2) is 60.7 Å². The summed E-state index contributed by atoms with van der Waals surface area (Å²) >= 11 is 0. The minimum Gasteiger partial charge on any atom is -0.475 e. The van der Waals surface area contributed by atoms with Crippen LogP contribution in [0.2, 0.25) is 0 Å². The van der Waals surface area contributed by atoms with E-state index in [0.717, 1.165) is 24.3 Å². The van der Waals surface area contributed by atoms with Gasteiger partial charge in [-0.2, -0.15) is 0 Å². The molecule has 21 heavy (non-hydrogen) atoms. The Balaban J connectivity index is 1.64. The van der Waals surface area contributed by atoms with Crippen molar-refractivity contribution in [1.29, 1.82) is 0 Å². The predicted octanol–water partition coefficient (Wildman–Crippen LogP) is 3.73. The highest BCUT2D eigenvalue weighted by Gasteiger charge is 2.30. The average molecular weight is 282 g/mol. The third-order valence-corrected chi connectivity index (χ3v) is 3.68. The van der Waals surface area contributed by atoms with Gasteiger partial charge in [0.2, 0.25) is 0 Å². The fourth-order valence-electron chi connectivity index (χ4n) is 2.47. The summed E-state index contributed by atoms with van der Waals surface area (Å²) in [6.45, 7) is 0. The van der Waals surface area contributed by atoms with Gasteiger partial charge in [0.1, 0.15) is 11.5 Å². The number of likely N-dealkylation sites (tertiary alicyclic amines) is 1. The molecule has 3 heteroatoms. The van der Waals surface area contributed by atoms with Crippen LogP contribution in [0.5, 0.6) is 11.5 Å². The Labute approximate surface area is 126 Å². The van der Waals surface area contributed by atoms with Crippen LogP contribution in [-0.4, -0.2) is 24.4 Å². The van der Waals surface area contributed by atoms with Gasteiger partial charge in [-0.25, -0.2) is 4.90 Å². The molecule has 0 aromatic heterocycles. The van der Waals surface area contributed by atoms with Crippen LogP contribution in [-0.2, 0) is 0 Å². The monoisotopic (exact) mass is 282 g/mol. The lowest BCUT2D eigenvalue weighted by atomic mass is 10.1. The molecule has 0 N–H and O–H groups in total. The first-order valence-corrected chi connectivity index (χ1v) is 7.30. The van der Waals surface area contributed by atoms with Gasteiger partial charge >= 0.3 is 0 Å². The summed E-state index contributed by atoms with van der Waals surface area (Å²) in [5.41, 5.74) is 0. The van der Waals surface area contributed by atoms with E-state index in [1.54, 1.807) is 0 Å². The number of para-hydroxylation sites is 2. The van der Waals surface area contributed by atoms with E-state index in [-0.39, 0.29) is 12.5 Å². The van der Waals surface area contributed by atoms with E-state index < -0.39 is 0 Å². The molecule has 0 bridgehead atoms. The number of nitrogens with zero attached hydrogens (tertiary/aromatic N) is 1. The van der Waals surface area contributed by atoms with Crippen molar-refractivity contribution in [2.45, 2.75) is 25.3 Å². The predicted molar refractivity (Wildman–Crippen MR) is 83.0 cm³/mol. The summed E-state index contributed by atoms with van der Waals surface area (Å²) in [6.07, 6.45) is 4.06. The third-order valence-electron chi connectivity index (χ3n) is 3.68. The van der Waals surface area contributed by atoms with Crippen molar-refractivity contribution in [1.82, 2.24) is 4.90 Å². The van der Waals surface area contributed by atoms with Crippen molar-refractivity contribution in [2.24, 2.45) is 0 Å². The van der Waals surface area contributed by atoms with Crippen molar-refractivity contribution < 1.29 is 9.47 Å². The molecule has 2 unspecified atom stereocenters. The lowest BCUT2D eigenvalue weighted by molar-refractivity contribution is -0.0768. The Morgan fingerprint density at radius 2 is 1.19 bits per heavy atom. The molecule has 0 amide bonds. The molecule has 3 nitrogen and oxygen atoms in total. The van der Waals surface area contributed by atoms with Gasteiger partial charge in [-0.3, -0.25) is 0 Å². The first-order valence-electron chi connectivity index (χ1n) is 7.30. The molecule has 2 aromatic rings. The highest BCUT2D eigenvalue weighted by molar-refractivity contribution is 5.22. The molecule has 0 aliphatic carbocycles. The van der Waals surface area contributed by atoms with Gasteiger partial charge in [-0.05, 0) is 37.7 Å². The second-order valence-corrected chi connectivity index (χ2v) is 5.20. The number of ether oxygens (including phenoxy) is 2. The van der Waals surface area contributed by atoms with Crippen LogP contribution in [0.1, 0.15) is 12.8 Å². The normalized spacial score (nSPS) is 22.7. The summed E-state index contributed by atoms with van der Waals surface area (Å²) in [4.78, 5) is 2.15. The topological polar surface area (TPSA) is 21.7 Å². The van der Waals surface area contributed by atoms with Crippen LogP contribution in [0.4, 0.5) is 0 Å². The van der Waals surface area contributed by atoms with Crippen molar-refractivity contribution in [2.75, 3.05) is 7.05 Å². The lowest BCUT2D eigenvalue weighted by Gasteiger charge is -2.38. The Hall–Kier alpha value is -2.00. The maximum Gasteiger partial charge on any atom is 0.155 e. The van der Waals surface area contributed by atoms with Crippen molar-refractivity contribution in [3.05, 3.63) is 67.1 Å². The van der Waals surface area contributed by atoms with Gasteiger partial charge < -0.3 is 9.47 Å². The SMILES string of the molecule is CN1C(Oc2ccccc2)C[CH]CC1Oc1ccccc1. The number of hydrogen-bond acceptors (Lipinski definition) is 3. The Bertz CT molecular complexity index is 494. The zero-order valence-electron chi connectivity index (χ0n) is 12.2. The standard InChI is InChI=1S/C18H20NO2/c1-19-17(20-15-9-4-2-5-10-15)13-8-14-18(19)21-16-11-6-3-7-12-16/h2-12,17-18H,13-14H2,1H3. The molecule has 1 radical (unpaired) electrons. The van der Waals surface area contributed by atoms with E-state index in [1.165, 1.54) is 0 Å². The number of benzene rings is 2. The first-order chi connectivity index (χ1) is 10.3.